The van der Waals surface area contributed by atoms with Crippen molar-refractivity contribution in [2.45, 2.75) is 19.3 Å². The number of amides is 1. The highest BCUT2D eigenvalue weighted by atomic mass is 16.5. The monoisotopic (exact) mass is 300 g/mol. The van der Waals surface area contributed by atoms with Gasteiger partial charge in [-0.2, -0.15) is 5.10 Å². The molecule has 1 atom stereocenters. The molecule has 0 spiro atoms. The summed E-state index contributed by atoms with van der Waals surface area (Å²) < 4.78 is 5.46. The predicted octanol–water partition coefficient (Wildman–Crippen LogP) is 2.02. The second-order valence-corrected chi connectivity index (χ2v) is 5.51. The van der Waals surface area contributed by atoms with Gasteiger partial charge < -0.3 is 10.1 Å². The first kappa shape index (κ1) is 14.7. The molecule has 1 saturated heterocycles. The van der Waals surface area contributed by atoms with E-state index in [1.54, 1.807) is 6.07 Å². The highest BCUT2D eigenvalue weighted by Crippen LogP contribution is 2.20. The van der Waals surface area contributed by atoms with Crippen LogP contribution in [0.4, 0.5) is 0 Å². The van der Waals surface area contributed by atoms with Gasteiger partial charge in [-0.05, 0) is 31.2 Å². The molecule has 1 aliphatic heterocycles. The highest BCUT2D eigenvalue weighted by molar-refractivity contribution is 6.00. The van der Waals surface area contributed by atoms with Crippen molar-refractivity contribution in [2.24, 2.45) is 5.92 Å². The lowest BCUT2D eigenvalue weighted by Crippen LogP contribution is -2.28. The number of H-pyrrole nitrogens is 1. The molecular weight excluding hydrogens is 280 g/mol. The van der Waals surface area contributed by atoms with Crippen molar-refractivity contribution >= 4 is 5.91 Å². The summed E-state index contributed by atoms with van der Waals surface area (Å²) in [5.74, 6) is 1.08. The summed E-state index contributed by atoms with van der Waals surface area (Å²) in [5.41, 5.74) is 1.37. The second-order valence-electron chi connectivity index (χ2n) is 5.51. The number of aromatic nitrogens is 3. The maximum absolute atomic E-state index is 12.4. The Morgan fingerprint density at radius 2 is 2.32 bits per heavy atom. The first-order valence-electron chi connectivity index (χ1n) is 7.65. The van der Waals surface area contributed by atoms with E-state index < -0.39 is 0 Å². The summed E-state index contributed by atoms with van der Waals surface area (Å²) in [6.07, 6.45) is 4.70. The molecule has 0 bridgehead atoms. The first-order valence-corrected chi connectivity index (χ1v) is 7.65. The van der Waals surface area contributed by atoms with E-state index in [1.807, 2.05) is 18.2 Å². The van der Waals surface area contributed by atoms with Gasteiger partial charge in [0.05, 0.1) is 5.56 Å². The van der Waals surface area contributed by atoms with Crippen molar-refractivity contribution in [2.75, 3.05) is 19.8 Å². The van der Waals surface area contributed by atoms with Crippen LogP contribution >= 0.6 is 0 Å². The van der Waals surface area contributed by atoms with Gasteiger partial charge in [-0.1, -0.05) is 18.2 Å². The number of hydrogen-bond acceptors (Lipinski definition) is 4. The Labute approximate surface area is 129 Å². The van der Waals surface area contributed by atoms with Crippen LogP contribution in [0.1, 0.15) is 29.6 Å². The number of rotatable bonds is 5. The molecule has 1 aromatic carbocycles. The smallest absolute Gasteiger partial charge is 0.252 e. The minimum atomic E-state index is -0.0799. The molecule has 0 radical (unpaired) electrons. The van der Waals surface area contributed by atoms with Gasteiger partial charge in [-0.25, -0.2) is 4.98 Å². The van der Waals surface area contributed by atoms with Crippen LogP contribution in [0, 0.1) is 5.92 Å². The van der Waals surface area contributed by atoms with Crippen LogP contribution in [0.2, 0.25) is 0 Å². The zero-order chi connectivity index (χ0) is 15.2. The van der Waals surface area contributed by atoms with E-state index in [0.29, 0.717) is 23.9 Å². The summed E-state index contributed by atoms with van der Waals surface area (Å²) in [6, 6.07) is 7.40. The Morgan fingerprint density at radius 1 is 1.41 bits per heavy atom. The number of carbonyl (C=O) groups excluding carboxylic acids is 1. The van der Waals surface area contributed by atoms with E-state index in [-0.39, 0.29) is 5.91 Å². The highest BCUT2D eigenvalue weighted by Gasteiger charge is 2.16. The number of hydrogen-bond donors (Lipinski definition) is 2. The van der Waals surface area contributed by atoms with Gasteiger partial charge in [0.15, 0.2) is 5.82 Å². The summed E-state index contributed by atoms with van der Waals surface area (Å²) in [7, 11) is 0. The SMILES string of the molecule is O=C(NCCC1CCCOC1)c1ccccc1-c1ncn[nH]1. The van der Waals surface area contributed by atoms with Gasteiger partial charge in [0, 0.05) is 25.3 Å². The third-order valence-corrected chi connectivity index (χ3v) is 3.93. The normalized spacial score (nSPS) is 18.1. The average Bonchev–Trinajstić information content (AvgIpc) is 3.10. The summed E-state index contributed by atoms with van der Waals surface area (Å²) >= 11 is 0. The number of carbonyl (C=O) groups is 1. The van der Waals surface area contributed by atoms with E-state index in [4.69, 9.17) is 4.74 Å². The van der Waals surface area contributed by atoms with Crippen LogP contribution in [0.3, 0.4) is 0 Å². The first-order chi connectivity index (χ1) is 10.8. The number of nitrogens with one attached hydrogen (secondary N) is 2. The number of ether oxygens (including phenoxy) is 1. The Morgan fingerprint density at radius 3 is 3.09 bits per heavy atom. The second kappa shape index (κ2) is 7.17. The minimum absolute atomic E-state index is 0.0799. The molecule has 3 rings (SSSR count). The van der Waals surface area contributed by atoms with Crippen molar-refractivity contribution in [3.8, 4) is 11.4 Å². The van der Waals surface area contributed by atoms with Gasteiger partial charge in [-0.15, -0.1) is 0 Å². The molecule has 116 valence electrons. The lowest BCUT2D eigenvalue weighted by Gasteiger charge is -2.22. The maximum Gasteiger partial charge on any atom is 0.252 e. The fourth-order valence-corrected chi connectivity index (χ4v) is 2.74. The number of benzene rings is 1. The van der Waals surface area contributed by atoms with Gasteiger partial charge in [0.25, 0.3) is 5.91 Å². The molecule has 1 aromatic heterocycles. The zero-order valence-corrected chi connectivity index (χ0v) is 12.4. The van der Waals surface area contributed by atoms with E-state index in [2.05, 4.69) is 20.5 Å². The van der Waals surface area contributed by atoms with Gasteiger partial charge >= 0.3 is 0 Å². The molecule has 1 fully saturated rings. The zero-order valence-electron chi connectivity index (χ0n) is 12.4. The predicted molar refractivity (Wildman–Crippen MR) is 82.3 cm³/mol. The lowest BCUT2D eigenvalue weighted by molar-refractivity contribution is 0.0514. The van der Waals surface area contributed by atoms with Gasteiger partial charge in [0.1, 0.15) is 6.33 Å². The molecule has 1 amide bonds. The van der Waals surface area contributed by atoms with Crippen LogP contribution in [0.15, 0.2) is 30.6 Å². The van der Waals surface area contributed by atoms with Gasteiger partial charge in [0.2, 0.25) is 0 Å². The van der Waals surface area contributed by atoms with Crippen LogP contribution in [-0.2, 0) is 4.74 Å². The minimum Gasteiger partial charge on any atom is -0.381 e. The Kier molecular flexibility index (Phi) is 4.80. The van der Waals surface area contributed by atoms with Crippen LogP contribution in [0.5, 0.6) is 0 Å². The van der Waals surface area contributed by atoms with Crippen molar-refractivity contribution < 1.29 is 9.53 Å². The molecule has 2 heterocycles. The average molecular weight is 300 g/mol. The molecule has 6 heteroatoms. The van der Waals surface area contributed by atoms with E-state index in [0.717, 1.165) is 31.6 Å². The standard InChI is InChI=1S/C16H20N4O2/c21-16(17-8-7-12-4-3-9-22-10-12)14-6-2-1-5-13(14)15-18-11-19-20-15/h1-2,5-6,11-12H,3-4,7-10H2,(H,17,21)(H,18,19,20). The topological polar surface area (TPSA) is 79.9 Å². The van der Waals surface area contributed by atoms with Crippen LogP contribution in [0.25, 0.3) is 11.4 Å². The molecular formula is C16H20N4O2. The van der Waals surface area contributed by atoms with Crippen molar-refractivity contribution in [1.29, 1.82) is 0 Å². The Balaban J connectivity index is 1.60. The fraction of sp³-hybridized carbons (Fsp3) is 0.438. The summed E-state index contributed by atoms with van der Waals surface area (Å²) in [6.45, 7) is 2.34. The van der Waals surface area contributed by atoms with Crippen molar-refractivity contribution in [3.63, 3.8) is 0 Å². The number of nitrogens with zero attached hydrogens (tertiary/aromatic N) is 2. The quantitative estimate of drug-likeness (QED) is 0.885. The third-order valence-electron chi connectivity index (χ3n) is 3.93. The molecule has 0 aliphatic carbocycles. The fourth-order valence-electron chi connectivity index (χ4n) is 2.74. The Bertz CT molecular complexity index is 606. The molecule has 6 nitrogen and oxygen atoms in total. The maximum atomic E-state index is 12.4. The molecule has 1 unspecified atom stereocenters. The molecule has 2 aromatic rings. The van der Waals surface area contributed by atoms with Crippen LogP contribution < -0.4 is 5.32 Å². The van der Waals surface area contributed by atoms with E-state index >= 15 is 0 Å². The molecule has 22 heavy (non-hydrogen) atoms. The molecule has 2 N–H and O–H groups in total. The van der Waals surface area contributed by atoms with Crippen LogP contribution in [-0.4, -0.2) is 40.8 Å². The molecule has 1 aliphatic rings. The lowest BCUT2D eigenvalue weighted by atomic mass is 9.98. The largest absolute Gasteiger partial charge is 0.381 e. The number of aromatic amines is 1. The third kappa shape index (κ3) is 3.51. The molecule has 0 saturated carbocycles. The van der Waals surface area contributed by atoms with E-state index in [1.165, 1.54) is 12.7 Å². The van der Waals surface area contributed by atoms with Gasteiger partial charge in [-0.3, -0.25) is 9.89 Å². The summed E-state index contributed by atoms with van der Waals surface area (Å²) in [5, 5.41) is 9.63. The van der Waals surface area contributed by atoms with E-state index in [9.17, 15) is 4.79 Å². The summed E-state index contributed by atoms with van der Waals surface area (Å²) in [4.78, 5) is 16.5. The van der Waals surface area contributed by atoms with Crippen molar-refractivity contribution in [1.82, 2.24) is 20.5 Å². The Hall–Kier alpha value is -2.21. The van der Waals surface area contributed by atoms with Crippen molar-refractivity contribution in [3.05, 3.63) is 36.2 Å².